The van der Waals surface area contributed by atoms with E-state index in [0.29, 0.717) is 0 Å². The Balaban J connectivity index is 2.11. The van der Waals surface area contributed by atoms with Crippen LogP contribution in [-0.4, -0.2) is 10.6 Å². The first-order valence-corrected chi connectivity index (χ1v) is 8.76. The molecule has 1 fully saturated rings. The highest BCUT2D eigenvalue weighted by molar-refractivity contribution is 7.98. The van der Waals surface area contributed by atoms with Crippen LogP contribution in [0.25, 0.3) is 0 Å². The molecule has 0 N–H and O–H groups in total. The van der Waals surface area contributed by atoms with Crippen LogP contribution in [0.15, 0.2) is 12.2 Å². The molecule has 0 amide bonds. The second kappa shape index (κ2) is 6.41. The van der Waals surface area contributed by atoms with E-state index in [4.69, 9.17) is 0 Å². The largest absolute Gasteiger partial charge is 0.201 e. The molecule has 0 aromatic heterocycles. The fourth-order valence-electron chi connectivity index (χ4n) is 3.77. The van der Waals surface area contributed by atoms with E-state index >= 15 is 0 Å². The van der Waals surface area contributed by atoms with Gasteiger partial charge >= 0.3 is 0 Å². The molecule has 3 rings (SSSR count). The first-order chi connectivity index (χ1) is 8.54. The van der Waals surface area contributed by atoms with E-state index in [1.807, 2.05) is 0 Å². The average Bonchev–Trinajstić information content (AvgIpc) is 2.41. The summed E-state index contributed by atoms with van der Waals surface area (Å²) in [4.78, 5) is 0. The van der Waals surface area contributed by atoms with Gasteiger partial charge in [0.05, 0.1) is 0 Å². The summed E-state index contributed by atoms with van der Waals surface area (Å²) in [6, 6.07) is 0. The lowest BCUT2D eigenvalue weighted by Gasteiger charge is -2.25. The Morgan fingerprint density at radius 3 is 2.61 bits per heavy atom. The summed E-state index contributed by atoms with van der Waals surface area (Å²) >= 11 is 1.63. The van der Waals surface area contributed by atoms with E-state index in [1.165, 1.54) is 44.1 Å². The Hall–Kier alpha value is -0.0400. The quantitative estimate of drug-likeness (QED) is 0.411. The highest BCUT2D eigenvalue weighted by Crippen LogP contribution is 2.39. The summed E-state index contributed by atoms with van der Waals surface area (Å²) in [5.74, 6) is 3.48. The van der Waals surface area contributed by atoms with Gasteiger partial charge in [-0.05, 0) is 74.4 Å². The topological polar surface area (TPSA) is 0 Å². The molecule has 0 saturated heterocycles. The second-order valence-corrected chi connectivity index (χ2v) is 8.36. The summed E-state index contributed by atoms with van der Waals surface area (Å²) < 4.78 is 0. The molecule has 0 aromatic carbocycles. The van der Waals surface area contributed by atoms with Gasteiger partial charge in [0.15, 0.2) is 0 Å². The number of hydrogen-bond donors (Lipinski definition) is 1. The van der Waals surface area contributed by atoms with Crippen molar-refractivity contribution in [1.82, 2.24) is 0 Å². The summed E-state index contributed by atoms with van der Waals surface area (Å²) in [7, 11) is 0. The standard InChI is InChI=1S/C17H30S/c1-12(2)7-15-8-14-5-6-17(18-11-14)10-16(9-15)13(3)4/h11-12,14-18H,3,5-10H2,1-2,4H3. The van der Waals surface area contributed by atoms with Gasteiger partial charge in [-0.15, -0.1) is 0 Å². The molecule has 3 aliphatic rings. The summed E-state index contributed by atoms with van der Waals surface area (Å²) in [6.07, 6.45) is 8.58. The van der Waals surface area contributed by atoms with Crippen molar-refractivity contribution >= 4 is 16.7 Å². The minimum atomic E-state index is 0.788. The van der Waals surface area contributed by atoms with E-state index < -0.39 is 0 Å². The van der Waals surface area contributed by atoms with Crippen molar-refractivity contribution in [2.24, 2.45) is 23.7 Å². The zero-order valence-corrected chi connectivity index (χ0v) is 13.3. The zero-order chi connectivity index (χ0) is 13.1. The number of thiol groups is 1. The van der Waals surface area contributed by atoms with Crippen LogP contribution in [0.5, 0.6) is 0 Å². The van der Waals surface area contributed by atoms with Crippen LogP contribution in [-0.2, 0) is 0 Å². The van der Waals surface area contributed by atoms with Crippen LogP contribution in [0, 0.1) is 23.7 Å². The number of hydrogen-bond acceptors (Lipinski definition) is 0. The summed E-state index contributed by atoms with van der Waals surface area (Å²) in [5.41, 5.74) is 1.43. The van der Waals surface area contributed by atoms with Crippen LogP contribution in [0.1, 0.15) is 59.3 Å². The Kier molecular flexibility index (Phi) is 5.12. The molecule has 2 heterocycles. The van der Waals surface area contributed by atoms with Crippen LogP contribution >= 0.6 is 11.4 Å². The maximum atomic E-state index is 4.26. The predicted octanol–water partition coefficient (Wildman–Crippen LogP) is 5.07. The molecule has 0 spiro atoms. The molecule has 1 saturated carbocycles. The summed E-state index contributed by atoms with van der Waals surface area (Å²) in [5, 5.41) is 3.56. The normalized spacial score (nSPS) is 36.7. The SMILES string of the molecule is C=C(C)C1CC(CC(C)C)CC2C=[SH]C(CC2)C1. The van der Waals surface area contributed by atoms with E-state index in [-0.39, 0.29) is 0 Å². The van der Waals surface area contributed by atoms with Crippen molar-refractivity contribution in [3.63, 3.8) is 0 Å². The van der Waals surface area contributed by atoms with Crippen molar-refractivity contribution < 1.29 is 0 Å². The van der Waals surface area contributed by atoms with Gasteiger partial charge in [-0.3, -0.25) is 0 Å². The molecule has 4 unspecified atom stereocenters. The maximum absolute atomic E-state index is 4.26. The third-order valence-electron chi connectivity index (χ3n) is 4.69. The van der Waals surface area contributed by atoms with Crippen molar-refractivity contribution in [2.45, 2.75) is 64.5 Å². The molecular weight excluding hydrogens is 236 g/mol. The van der Waals surface area contributed by atoms with Gasteiger partial charge < -0.3 is 0 Å². The molecule has 1 heteroatoms. The van der Waals surface area contributed by atoms with Crippen molar-refractivity contribution in [2.75, 3.05) is 0 Å². The van der Waals surface area contributed by atoms with Crippen LogP contribution in [0.3, 0.4) is 0 Å². The number of fused-ring (bicyclic) bond motifs is 5. The highest BCUT2D eigenvalue weighted by Gasteiger charge is 2.28. The highest BCUT2D eigenvalue weighted by atomic mass is 32.1. The summed E-state index contributed by atoms with van der Waals surface area (Å²) in [6.45, 7) is 11.3. The molecule has 18 heavy (non-hydrogen) atoms. The Bertz CT molecular complexity index is 316. The third-order valence-corrected chi connectivity index (χ3v) is 6.17. The van der Waals surface area contributed by atoms with Gasteiger partial charge in [-0.1, -0.05) is 31.4 Å². The van der Waals surface area contributed by atoms with Gasteiger partial charge in [-0.2, -0.15) is 0 Å². The lowest BCUT2D eigenvalue weighted by molar-refractivity contribution is 0.306. The van der Waals surface area contributed by atoms with Crippen LogP contribution in [0.4, 0.5) is 0 Å². The monoisotopic (exact) mass is 266 g/mol. The third kappa shape index (κ3) is 3.98. The predicted molar refractivity (Wildman–Crippen MR) is 86.7 cm³/mol. The molecule has 0 radical (unpaired) electrons. The Morgan fingerprint density at radius 1 is 1.28 bits per heavy atom. The van der Waals surface area contributed by atoms with Gasteiger partial charge in [0.2, 0.25) is 0 Å². The van der Waals surface area contributed by atoms with Gasteiger partial charge in [-0.25, -0.2) is 11.4 Å². The van der Waals surface area contributed by atoms with E-state index in [1.54, 1.807) is 11.4 Å². The van der Waals surface area contributed by atoms with Crippen LogP contribution in [0.2, 0.25) is 0 Å². The fraction of sp³-hybridized carbons (Fsp3) is 0.824. The molecule has 1 aliphatic carbocycles. The number of rotatable bonds is 3. The van der Waals surface area contributed by atoms with E-state index in [9.17, 15) is 0 Å². The molecule has 104 valence electrons. The maximum Gasteiger partial charge on any atom is -0.00273 e. The van der Waals surface area contributed by atoms with Crippen molar-refractivity contribution in [3.8, 4) is 0 Å². The molecule has 2 aliphatic heterocycles. The molecular formula is C17H30S. The Morgan fingerprint density at radius 2 is 2.06 bits per heavy atom. The first kappa shape index (κ1) is 14.4. The molecule has 4 atom stereocenters. The molecule has 0 aromatic rings. The molecule has 2 bridgehead atoms. The van der Waals surface area contributed by atoms with Gasteiger partial charge in [0, 0.05) is 0 Å². The second-order valence-electron chi connectivity index (χ2n) is 7.04. The lowest BCUT2D eigenvalue weighted by atomic mass is 9.80. The fourth-order valence-corrected chi connectivity index (χ4v) is 5.20. The Labute approximate surface area is 117 Å². The van der Waals surface area contributed by atoms with Crippen molar-refractivity contribution in [1.29, 1.82) is 0 Å². The lowest BCUT2D eigenvalue weighted by Crippen LogP contribution is -2.15. The zero-order valence-electron chi connectivity index (χ0n) is 12.4. The van der Waals surface area contributed by atoms with Gasteiger partial charge in [0.25, 0.3) is 0 Å². The van der Waals surface area contributed by atoms with Crippen molar-refractivity contribution in [3.05, 3.63) is 12.2 Å². The minimum absolute atomic E-state index is 0.788. The smallest absolute Gasteiger partial charge is 0.00273 e. The van der Waals surface area contributed by atoms with Crippen LogP contribution < -0.4 is 0 Å². The first-order valence-electron chi connectivity index (χ1n) is 7.73. The molecule has 0 nitrogen and oxygen atoms in total. The average molecular weight is 266 g/mol. The van der Waals surface area contributed by atoms with Gasteiger partial charge in [0.1, 0.15) is 0 Å². The van der Waals surface area contributed by atoms with E-state index in [2.05, 4.69) is 32.7 Å². The number of allylic oxidation sites excluding steroid dienone is 1. The minimum Gasteiger partial charge on any atom is -0.201 e. The van der Waals surface area contributed by atoms with E-state index in [0.717, 1.165) is 28.9 Å².